The van der Waals surface area contributed by atoms with Crippen molar-refractivity contribution in [2.24, 2.45) is 4.99 Å². The van der Waals surface area contributed by atoms with E-state index in [4.69, 9.17) is 4.74 Å². The second kappa shape index (κ2) is 11.3. The number of aliphatic imine (C=N–C) groups is 1. The topological polar surface area (TPSA) is 45.6 Å². The van der Waals surface area contributed by atoms with Crippen LogP contribution in [-0.4, -0.2) is 19.6 Å². The Morgan fingerprint density at radius 2 is 2.00 bits per heavy atom. The van der Waals surface area contributed by atoms with Gasteiger partial charge in [-0.1, -0.05) is 19.1 Å². The van der Waals surface area contributed by atoms with Gasteiger partial charge in [0.1, 0.15) is 5.75 Å². The highest BCUT2D eigenvalue weighted by Crippen LogP contribution is 2.20. The van der Waals surface area contributed by atoms with Crippen LogP contribution < -0.4 is 15.4 Å². The van der Waals surface area contributed by atoms with Gasteiger partial charge in [0, 0.05) is 25.7 Å². The maximum absolute atomic E-state index is 5.85. The summed E-state index contributed by atoms with van der Waals surface area (Å²) >= 11 is 1.70. The van der Waals surface area contributed by atoms with Crippen LogP contribution in [0.5, 0.6) is 5.75 Å². The lowest BCUT2D eigenvalue weighted by Crippen LogP contribution is -2.36. The molecule has 6 heteroatoms. The number of ether oxygens (including phenoxy) is 1. The molecule has 0 aliphatic rings. The van der Waals surface area contributed by atoms with E-state index in [0.717, 1.165) is 36.8 Å². The van der Waals surface area contributed by atoms with E-state index < -0.39 is 0 Å². The van der Waals surface area contributed by atoms with Crippen LogP contribution in [-0.2, 0) is 13.1 Å². The molecule has 0 radical (unpaired) electrons. The van der Waals surface area contributed by atoms with Crippen molar-refractivity contribution in [1.29, 1.82) is 0 Å². The first-order valence-electron chi connectivity index (χ1n) is 7.91. The molecule has 0 saturated heterocycles. The van der Waals surface area contributed by atoms with Crippen molar-refractivity contribution in [1.82, 2.24) is 10.6 Å². The summed E-state index contributed by atoms with van der Waals surface area (Å²) in [6.07, 6.45) is 1.00. The standard InChI is InChI=1S/C18H25N3OS.HI/c1-4-8-22-17-10-14(2)5-6-16(17)12-21-18(19-3)20-11-15-7-9-23-13-15;/h5-7,9-10,13H,4,8,11-12H2,1-3H3,(H2,19,20,21);1H. The summed E-state index contributed by atoms with van der Waals surface area (Å²) in [6, 6.07) is 8.42. The van der Waals surface area contributed by atoms with Crippen molar-refractivity contribution < 1.29 is 4.74 Å². The van der Waals surface area contributed by atoms with Gasteiger partial charge < -0.3 is 15.4 Å². The van der Waals surface area contributed by atoms with E-state index >= 15 is 0 Å². The first kappa shape index (κ1) is 20.8. The summed E-state index contributed by atoms with van der Waals surface area (Å²) in [7, 11) is 1.78. The predicted octanol–water partition coefficient (Wildman–Crippen LogP) is 4.33. The van der Waals surface area contributed by atoms with Gasteiger partial charge in [-0.05, 0) is 47.4 Å². The molecule has 0 bridgehead atoms. The highest BCUT2D eigenvalue weighted by Gasteiger charge is 2.06. The van der Waals surface area contributed by atoms with Crippen molar-refractivity contribution in [3.63, 3.8) is 0 Å². The fourth-order valence-corrected chi connectivity index (χ4v) is 2.80. The summed E-state index contributed by atoms with van der Waals surface area (Å²) < 4.78 is 5.85. The van der Waals surface area contributed by atoms with Crippen LogP contribution in [0.3, 0.4) is 0 Å². The molecule has 132 valence electrons. The third-order valence-corrected chi connectivity index (χ3v) is 4.13. The van der Waals surface area contributed by atoms with Crippen LogP contribution in [0.1, 0.15) is 30.0 Å². The summed E-state index contributed by atoms with van der Waals surface area (Å²) in [5.41, 5.74) is 3.61. The predicted molar refractivity (Wildman–Crippen MR) is 114 cm³/mol. The first-order valence-corrected chi connectivity index (χ1v) is 8.85. The minimum Gasteiger partial charge on any atom is -0.493 e. The largest absolute Gasteiger partial charge is 0.493 e. The van der Waals surface area contributed by atoms with Crippen molar-refractivity contribution in [3.05, 3.63) is 51.7 Å². The molecule has 0 spiro atoms. The molecule has 2 aromatic rings. The maximum atomic E-state index is 5.85. The summed E-state index contributed by atoms with van der Waals surface area (Å²) in [5, 5.41) is 10.9. The van der Waals surface area contributed by atoms with Gasteiger partial charge in [0.15, 0.2) is 5.96 Å². The normalized spacial score (nSPS) is 10.9. The van der Waals surface area contributed by atoms with E-state index in [1.54, 1.807) is 18.4 Å². The lowest BCUT2D eigenvalue weighted by Gasteiger charge is -2.15. The van der Waals surface area contributed by atoms with Crippen LogP contribution in [0.2, 0.25) is 0 Å². The quantitative estimate of drug-likeness (QED) is 0.368. The van der Waals surface area contributed by atoms with Crippen LogP contribution in [0.4, 0.5) is 0 Å². The van der Waals surface area contributed by atoms with Crippen molar-refractivity contribution in [3.8, 4) is 5.75 Å². The highest BCUT2D eigenvalue weighted by atomic mass is 127. The minimum absolute atomic E-state index is 0. The molecule has 1 aromatic heterocycles. The monoisotopic (exact) mass is 459 g/mol. The zero-order valence-electron chi connectivity index (χ0n) is 14.5. The number of halogens is 1. The number of guanidine groups is 1. The average molecular weight is 459 g/mol. The van der Waals surface area contributed by atoms with Crippen LogP contribution in [0, 0.1) is 6.92 Å². The molecule has 0 unspecified atom stereocenters. The third kappa shape index (κ3) is 6.68. The second-order valence-electron chi connectivity index (χ2n) is 5.37. The van der Waals surface area contributed by atoms with Crippen molar-refractivity contribution >= 4 is 41.3 Å². The van der Waals surface area contributed by atoms with Gasteiger partial charge in [0.05, 0.1) is 6.61 Å². The zero-order valence-corrected chi connectivity index (χ0v) is 17.6. The Bertz CT molecular complexity index is 629. The van der Waals surface area contributed by atoms with Gasteiger partial charge in [0.25, 0.3) is 0 Å². The molecule has 0 atom stereocenters. The molecule has 2 rings (SSSR count). The van der Waals surface area contributed by atoms with Crippen molar-refractivity contribution in [2.75, 3.05) is 13.7 Å². The van der Waals surface area contributed by atoms with E-state index in [0.29, 0.717) is 6.54 Å². The van der Waals surface area contributed by atoms with E-state index in [-0.39, 0.29) is 24.0 Å². The molecule has 24 heavy (non-hydrogen) atoms. The number of hydrogen-bond donors (Lipinski definition) is 2. The van der Waals surface area contributed by atoms with Gasteiger partial charge in [0.2, 0.25) is 0 Å². The van der Waals surface area contributed by atoms with Crippen molar-refractivity contribution in [2.45, 2.75) is 33.4 Å². The van der Waals surface area contributed by atoms with Gasteiger partial charge in [-0.2, -0.15) is 11.3 Å². The number of hydrogen-bond acceptors (Lipinski definition) is 3. The molecule has 0 aliphatic carbocycles. The molecule has 1 aromatic carbocycles. The number of aryl methyl sites for hydroxylation is 1. The van der Waals surface area contributed by atoms with E-state index in [1.807, 2.05) is 0 Å². The van der Waals surface area contributed by atoms with Crippen LogP contribution in [0.25, 0.3) is 0 Å². The van der Waals surface area contributed by atoms with E-state index in [9.17, 15) is 0 Å². The average Bonchev–Trinajstić information content (AvgIpc) is 3.07. The van der Waals surface area contributed by atoms with E-state index in [2.05, 4.69) is 64.5 Å². The van der Waals surface area contributed by atoms with Crippen LogP contribution in [0.15, 0.2) is 40.0 Å². The summed E-state index contributed by atoms with van der Waals surface area (Å²) in [5.74, 6) is 1.74. The number of nitrogens with one attached hydrogen (secondary N) is 2. The molecule has 0 saturated carbocycles. The summed E-state index contributed by atoms with van der Waals surface area (Å²) in [6.45, 7) is 6.39. The SMILES string of the molecule is CCCOc1cc(C)ccc1CNC(=NC)NCc1ccsc1.I. The molecule has 4 nitrogen and oxygen atoms in total. The highest BCUT2D eigenvalue weighted by molar-refractivity contribution is 14.0. The van der Waals surface area contributed by atoms with Crippen LogP contribution >= 0.6 is 35.3 Å². The fourth-order valence-electron chi connectivity index (χ4n) is 2.13. The van der Waals surface area contributed by atoms with Gasteiger partial charge >= 0.3 is 0 Å². The Balaban J connectivity index is 0.00000288. The Hall–Kier alpha value is -1.28. The minimum atomic E-state index is 0. The van der Waals surface area contributed by atoms with E-state index in [1.165, 1.54) is 11.1 Å². The Morgan fingerprint density at radius 1 is 1.21 bits per heavy atom. The first-order chi connectivity index (χ1) is 11.2. The molecule has 2 N–H and O–H groups in total. The number of benzene rings is 1. The molecular formula is C18H26IN3OS. The third-order valence-electron chi connectivity index (χ3n) is 3.39. The lowest BCUT2D eigenvalue weighted by atomic mass is 10.1. The maximum Gasteiger partial charge on any atom is 0.191 e. The number of thiophene rings is 1. The molecular weight excluding hydrogens is 433 g/mol. The number of rotatable bonds is 7. The Kier molecular flexibility index (Phi) is 9.78. The summed E-state index contributed by atoms with van der Waals surface area (Å²) in [4.78, 5) is 4.27. The molecule has 0 fully saturated rings. The number of nitrogens with zero attached hydrogens (tertiary/aromatic N) is 1. The second-order valence-corrected chi connectivity index (χ2v) is 6.15. The smallest absolute Gasteiger partial charge is 0.191 e. The van der Waals surface area contributed by atoms with Gasteiger partial charge in [-0.15, -0.1) is 24.0 Å². The van der Waals surface area contributed by atoms with Gasteiger partial charge in [-0.3, -0.25) is 4.99 Å². The lowest BCUT2D eigenvalue weighted by molar-refractivity contribution is 0.313. The van der Waals surface area contributed by atoms with Gasteiger partial charge in [-0.25, -0.2) is 0 Å². The molecule has 1 heterocycles. The Labute approximate surface area is 165 Å². The zero-order chi connectivity index (χ0) is 16.5. The molecule has 0 aliphatic heterocycles. The fraction of sp³-hybridized carbons (Fsp3) is 0.389. The molecule has 0 amide bonds. The Morgan fingerprint density at radius 3 is 2.67 bits per heavy atom.